The van der Waals surface area contributed by atoms with Gasteiger partial charge in [-0.2, -0.15) is 0 Å². The van der Waals surface area contributed by atoms with Crippen LogP contribution in [0.4, 0.5) is 5.82 Å². The number of halogens is 1. The van der Waals surface area contributed by atoms with E-state index in [-0.39, 0.29) is 0 Å². The monoisotopic (exact) mass is 518 g/mol. The van der Waals surface area contributed by atoms with Crippen LogP contribution in [0.15, 0.2) is 52.8 Å². The number of aromatic nitrogens is 4. The van der Waals surface area contributed by atoms with Gasteiger partial charge in [-0.15, -0.1) is 0 Å². The van der Waals surface area contributed by atoms with Crippen LogP contribution >= 0.6 is 34.4 Å². The van der Waals surface area contributed by atoms with E-state index >= 15 is 0 Å². The summed E-state index contributed by atoms with van der Waals surface area (Å²) in [6.45, 7) is 6.07. The molecule has 2 aromatic heterocycles. The molecule has 8 heteroatoms. The molecule has 4 aromatic rings. The summed E-state index contributed by atoms with van der Waals surface area (Å²) in [6.07, 6.45) is 2.49. The van der Waals surface area contributed by atoms with E-state index in [2.05, 4.69) is 92.7 Å². The lowest BCUT2D eigenvalue weighted by Gasteiger charge is -2.11. The molecule has 6 nitrogen and oxygen atoms in total. The summed E-state index contributed by atoms with van der Waals surface area (Å²) >= 11 is 4.05. The lowest BCUT2D eigenvalue weighted by molar-refractivity contribution is 0.525. The summed E-state index contributed by atoms with van der Waals surface area (Å²) in [5.41, 5.74) is 7.54. The first-order chi connectivity index (χ1) is 14.0. The maximum absolute atomic E-state index is 6.08. The van der Waals surface area contributed by atoms with Gasteiger partial charge in [0.2, 0.25) is 0 Å². The van der Waals surface area contributed by atoms with Crippen LogP contribution in [-0.2, 0) is 6.54 Å². The van der Waals surface area contributed by atoms with Gasteiger partial charge in [0.25, 0.3) is 0 Å². The van der Waals surface area contributed by atoms with E-state index in [0.717, 1.165) is 30.3 Å². The van der Waals surface area contributed by atoms with Crippen LogP contribution in [0.1, 0.15) is 20.3 Å². The van der Waals surface area contributed by atoms with Crippen molar-refractivity contribution in [2.24, 2.45) is 0 Å². The average Bonchev–Trinajstić information content (AvgIpc) is 3.04. The Morgan fingerprint density at radius 1 is 1.17 bits per heavy atom. The smallest absolute Gasteiger partial charge is 0.175 e. The van der Waals surface area contributed by atoms with Crippen molar-refractivity contribution in [2.45, 2.75) is 42.9 Å². The Morgan fingerprint density at radius 3 is 2.69 bits per heavy atom. The topological polar surface area (TPSA) is 81.7 Å². The molecule has 0 aliphatic rings. The molecule has 2 heterocycles. The molecule has 0 fully saturated rings. The number of nitrogens with one attached hydrogen (secondary N) is 1. The van der Waals surface area contributed by atoms with Gasteiger partial charge in [-0.1, -0.05) is 49.9 Å². The normalized spacial score (nSPS) is 11.7. The van der Waals surface area contributed by atoms with Crippen LogP contribution in [0.5, 0.6) is 0 Å². The molecule has 0 spiro atoms. The Bertz CT molecular complexity index is 1160. The third-order valence-electron chi connectivity index (χ3n) is 4.64. The standard InChI is InChI=1S/C21H23IN6S/c1-13(2)24-8-5-9-28-20-18(19(23)25-12-26-20)27-21(28)29-17-11-15-7-4-3-6-14(15)10-16(17)22/h3-4,6-7,10-13,24H,5,8-9H2,1-2H3,(H2,23,25,26). The molecule has 0 aliphatic carbocycles. The second kappa shape index (κ2) is 8.85. The van der Waals surface area contributed by atoms with E-state index in [9.17, 15) is 0 Å². The van der Waals surface area contributed by atoms with Gasteiger partial charge in [-0.05, 0) is 58.5 Å². The predicted molar refractivity (Wildman–Crippen MR) is 128 cm³/mol. The summed E-state index contributed by atoms with van der Waals surface area (Å²) in [4.78, 5) is 14.5. The number of nitrogens with zero attached hydrogens (tertiary/aromatic N) is 4. The fraction of sp³-hybridized carbons (Fsp3) is 0.286. The number of nitrogens with two attached hydrogens (primary N) is 1. The van der Waals surface area contributed by atoms with Crippen LogP contribution in [-0.4, -0.2) is 32.1 Å². The molecular weight excluding hydrogens is 495 g/mol. The Labute approximate surface area is 187 Å². The van der Waals surface area contributed by atoms with E-state index in [1.807, 2.05) is 0 Å². The first-order valence-electron chi connectivity index (χ1n) is 9.59. The molecule has 0 atom stereocenters. The number of imidazole rings is 1. The largest absolute Gasteiger partial charge is 0.382 e. The second-order valence-electron chi connectivity index (χ2n) is 7.17. The highest BCUT2D eigenvalue weighted by Crippen LogP contribution is 2.35. The van der Waals surface area contributed by atoms with Gasteiger partial charge in [0.05, 0.1) is 0 Å². The van der Waals surface area contributed by atoms with Gasteiger partial charge in [-0.25, -0.2) is 15.0 Å². The van der Waals surface area contributed by atoms with Gasteiger partial charge in [0.1, 0.15) is 6.33 Å². The van der Waals surface area contributed by atoms with E-state index in [0.29, 0.717) is 17.4 Å². The second-order valence-corrected chi connectivity index (χ2v) is 9.34. The van der Waals surface area contributed by atoms with E-state index < -0.39 is 0 Å². The van der Waals surface area contributed by atoms with Crippen LogP contribution in [0.3, 0.4) is 0 Å². The first-order valence-corrected chi connectivity index (χ1v) is 11.5. The molecule has 2 aromatic carbocycles. The average molecular weight is 518 g/mol. The number of hydrogen-bond donors (Lipinski definition) is 2. The molecule has 0 amide bonds. The zero-order valence-electron chi connectivity index (χ0n) is 16.4. The number of anilines is 1. The predicted octanol–water partition coefficient (Wildman–Crippen LogP) is 4.71. The van der Waals surface area contributed by atoms with Gasteiger partial charge >= 0.3 is 0 Å². The van der Waals surface area contributed by atoms with Crippen molar-refractivity contribution >= 4 is 62.1 Å². The van der Waals surface area contributed by atoms with Crippen LogP contribution < -0.4 is 11.1 Å². The van der Waals surface area contributed by atoms with Crippen LogP contribution in [0.2, 0.25) is 0 Å². The molecule has 29 heavy (non-hydrogen) atoms. The highest BCUT2D eigenvalue weighted by molar-refractivity contribution is 14.1. The first kappa shape index (κ1) is 20.4. The Balaban J connectivity index is 1.70. The summed E-state index contributed by atoms with van der Waals surface area (Å²) in [5.74, 6) is 0.420. The molecule has 0 bridgehead atoms. The van der Waals surface area contributed by atoms with Crippen LogP contribution in [0.25, 0.3) is 21.9 Å². The highest BCUT2D eigenvalue weighted by atomic mass is 127. The maximum atomic E-state index is 6.08. The Morgan fingerprint density at radius 2 is 1.93 bits per heavy atom. The third-order valence-corrected chi connectivity index (χ3v) is 6.95. The van der Waals surface area contributed by atoms with E-state index in [1.54, 1.807) is 11.8 Å². The summed E-state index contributed by atoms with van der Waals surface area (Å²) in [5, 5.41) is 6.82. The van der Waals surface area contributed by atoms with Gasteiger partial charge in [0, 0.05) is 21.1 Å². The number of fused-ring (bicyclic) bond motifs is 2. The number of benzene rings is 2. The van der Waals surface area contributed by atoms with E-state index in [4.69, 9.17) is 10.7 Å². The zero-order valence-corrected chi connectivity index (χ0v) is 19.4. The molecule has 0 saturated heterocycles. The highest BCUT2D eigenvalue weighted by Gasteiger charge is 2.17. The van der Waals surface area contributed by atoms with Crippen molar-refractivity contribution in [1.29, 1.82) is 0 Å². The van der Waals surface area contributed by atoms with Crippen molar-refractivity contribution in [2.75, 3.05) is 12.3 Å². The van der Waals surface area contributed by atoms with Crippen molar-refractivity contribution in [3.8, 4) is 0 Å². The lowest BCUT2D eigenvalue weighted by Crippen LogP contribution is -2.24. The van der Waals surface area contributed by atoms with Crippen molar-refractivity contribution in [3.63, 3.8) is 0 Å². The minimum atomic E-state index is 0.420. The summed E-state index contributed by atoms with van der Waals surface area (Å²) in [7, 11) is 0. The molecule has 0 radical (unpaired) electrons. The molecule has 0 unspecified atom stereocenters. The fourth-order valence-electron chi connectivity index (χ4n) is 3.21. The third kappa shape index (κ3) is 4.49. The SMILES string of the molecule is CC(C)NCCCn1c(Sc2cc3ccccc3cc2I)nc2c(N)ncnc21. The molecule has 150 valence electrons. The van der Waals surface area contributed by atoms with Gasteiger partial charge in [0.15, 0.2) is 22.1 Å². The minimum absolute atomic E-state index is 0.420. The quantitative estimate of drug-likeness (QED) is 0.273. The number of hydrogen-bond acceptors (Lipinski definition) is 6. The number of aryl methyl sites for hydroxylation is 1. The summed E-state index contributed by atoms with van der Waals surface area (Å²) < 4.78 is 3.36. The lowest BCUT2D eigenvalue weighted by atomic mass is 10.1. The minimum Gasteiger partial charge on any atom is -0.382 e. The van der Waals surface area contributed by atoms with Gasteiger partial charge in [-0.3, -0.25) is 0 Å². The van der Waals surface area contributed by atoms with Crippen molar-refractivity contribution < 1.29 is 0 Å². The van der Waals surface area contributed by atoms with Gasteiger partial charge < -0.3 is 15.6 Å². The van der Waals surface area contributed by atoms with Crippen LogP contribution in [0, 0.1) is 3.57 Å². The fourth-order valence-corrected chi connectivity index (χ4v) is 4.99. The number of rotatable bonds is 7. The zero-order chi connectivity index (χ0) is 20.4. The van der Waals surface area contributed by atoms with Crippen molar-refractivity contribution in [3.05, 3.63) is 46.3 Å². The number of nitrogen functional groups attached to an aromatic ring is 1. The molecule has 3 N–H and O–H groups in total. The Kier molecular flexibility index (Phi) is 6.21. The molecule has 4 rings (SSSR count). The molecular formula is C21H23IN6S. The maximum Gasteiger partial charge on any atom is 0.175 e. The molecule has 0 aliphatic heterocycles. The summed E-state index contributed by atoms with van der Waals surface area (Å²) in [6, 6.07) is 13.3. The molecule has 0 saturated carbocycles. The Hall–Kier alpha value is -1.91. The van der Waals surface area contributed by atoms with Crippen molar-refractivity contribution in [1.82, 2.24) is 24.8 Å². The van der Waals surface area contributed by atoms with E-state index in [1.165, 1.54) is 25.6 Å².